The summed E-state index contributed by atoms with van der Waals surface area (Å²) in [4.78, 5) is 31.6. The lowest BCUT2D eigenvalue weighted by Gasteiger charge is -2.16. The number of aryl methyl sites for hydroxylation is 1. The number of amides is 1. The molecule has 3 rings (SSSR count). The largest absolute Gasteiger partial charge is 0.351 e. The molecule has 3 aromatic rings. The molecule has 0 aliphatic carbocycles. The van der Waals surface area contributed by atoms with E-state index in [-0.39, 0.29) is 22.9 Å². The van der Waals surface area contributed by atoms with E-state index in [0.717, 1.165) is 22.9 Å². The van der Waals surface area contributed by atoms with Crippen LogP contribution in [-0.2, 0) is 21.4 Å². The van der Waals surface area contributed by atoms with Crippen molar-refractivity contribution in [3.63, 3.8) is 0 Å². The molecule has 1 aromatic heterocycles. The van der Waals surface area contributed by atoms with Crippen molar-refractivity contribution in [2.75, 3.05) is 0 Å². The van der Waals surface area contributed by atoms with Crippen LogP contribution in [-0.4, -0.2) is 24.3 Å². The number of carbonyl (C=O) groups excluding carboxylic acids is 1. The average Bonchev–Trinajstić information content (AvgIpc) is 2.70. The lowest BCUT2D eigenvalue weighted by molar-refractivity contribution is -0.120. The van der Waals surface area contributed by atoms with Gasteiger partial charge in [0.25, 0.3) is 5.56 Å². The molecule has 10 heteroatoms. The van der Waals surface area contributed by atoms with Gasteiger partial charge in [-0.3, -0.25) is 9.59 Å². The third-order valence-corrected chi connectivity index (χ3v) is 6.20. The average molecular weight is 445 g/mol. The molecule has 1 atom stereocenters. The van der Waals surface area contributed by atoms with E-state index in [2.05, 4.69) is 15.3 Å². The fourth-order valence-corrected chi connectivity index (χ4v) is 4.28. The van der Waals surface area contributed by atoms with Crippen LogP contribution in [0.3, 0.4) is 0 Å². The smallest absolute Gasteiger partial charge is 0.251 e. The third kappa shape index (κ3) is 5.78. The predicted molar refractivity (Wildman–Crippen MR) is 114 cm³/mol. The number of aromatic nitrogens is 2. The van der Waals surface area contributed by atoms with Crippen molar-refractivity contribution in [3.8, 4) is 0 Å². The SMILES string of the molecule is Cc1cc(=O)[nH]c(SC(C(=O)NCc2ccc(S(N)(=O)=O)cc2)c2ccccc2)n1. The minimum Gasteiger partial charge on any atom is -0.351 e. The maximum atomic E-state index is 12.9. The Morgan fingerprint density at radius 3 is 2.43 bits per heavy atom. The highest BCUT2D eigenvalue weighted by Crippen LogP contribution is 2.33. The first kappa shape index (κ1) is 21.8. The molecule has 0 radical (unpaired) electrons. The molecule has 1 amide bonds. The standard InChI is InChI=1S/C20H20N4O4S2/c1-13-11-17(25)24-20(23-13)29-18(15-5-3-2-4-6-15)19(26)22-12-14-7-9-16(10-8-14)30(21,27)28/h2-11,18H,12H2,1H3,(H,22,26)(H2,21,27,28)(H,23,24,25). The predicted octanol–water partition coefficient (Wildman–Crippen LogP) is 1.88. The molecule has 0 saturated carbocycles. The van der Waals surface area contributed by atoms with Gasteiger partial charge in [-0.15, -0.1) is 0 Å². The Kier molecular flexibility index (Phi) is 6.70. The number of rotatable bonds is 7. The van der Waals surface area contributed by atoms with Gasteiger partial charge >= 0.3 is 0 Å². The normalized spacial score (nSPS) is 12.3. The van der Waals surface area contributed by atoms with Gasteiger partial charge in [0.1, 0.15) is 5.25 Å². The van der Waals surface area contributed by atoms with Crippen LogP contribution in [0.15, 0.2) is 75.5 Å². The molecule has 4 N–H and O–H groups in total. The summed E-state index contributed by atoms with van der Waals surface area (Å²) in [6.45, 7) is 1.91. The number of benzene rings is 2. The summed E-state index contributed by atoms with van der Waals surface area (Å²) in [6, 6.07) is 16.5. The fourth-order valence-electron chi connectivity index (χ4n) is 2.70. The third-order valence-electron chi connectivity index (χ3n) is 4.14. The number of nitrogens with two attached hydrogens (primary N) is 1. The Morgan fingerprint density at radius 1 is 1.17 bits per heavy atom. The molecular weight excluding hydrogens is 424 g/mol. The highest BCUT2D eigenvalue weighted by Gasteiger charge is 2.23. The first-order chi connectivity index (χ1) is 14.2. The quantitative estimate of drug-likeness (QED) is 0.376. The first-order valence-corrected chi connectivity index (χ1v) is 11.3. The minimum absolute atomic E-state index is 0.00442. The van der Waals surface area contributed by atoms with Crippen LogP contribution in [0.25, 0.3) is 0 Å². The lowest BCUT2D eigenvalue weighted by Crippen LogP contribution is -2.28. The molecule has 0 fully saturated rings. The van der Waals surface area contributed by atoms with Gasteiger partial charge in [0, 0.05) is 18.3 Å². The highest BCUT2D eigenvalue weighted by atomic mass is 32.2. The number of H-pyrrole nitrogens is 1. The van der Waals surface area contributed by atoms with Gasteiger partial charge in [-0.2, -0.15) is 0 Å². The van der Waals surface area contributed by atoms with Gasteiger partial charge < -0.3 is 10.3 Å². The van der Waals surface area contributed by atoms with E-state index >= 15 is 0 Å². The van der Waals surface area contributed by atoms with Crippen LogP contribution < -0.4 is 16.0 Å². The Morgan fingerprint density at radius 2 is 1.83 bits per heavy atom. The number of nitrogens with one attached hydrogen (secondary N) is 2. The summed E-state index contributed by atoms with van der Waals surface area (Å²) in [5.74, 6) is -0.272. The number of sulfonamides is 1. The molecule has 30 heavy (non-hydrogen) atoms. The van der Waals surface area contributed by atoms with Gasteiger partial charge in [0.2, 0.25) is 15.9 Å². The van der Waals surface area contributed by atoms with Gasteiger partial charge in [0.05, 0.1) is 4.90 Å². The van der Waals surface area contributed by atoms with Gasteiger partial charge in [0.15, 0.2) is 5.16 Å². The Bertz CT molecular complexity index is 1190. The number of hydrogen-bond donors (Lipinski definition) is 3. The fraction of sp³-hybridized carbons (Fsp3) is 0.150. The molecule has 0 saturated heterocycles. The van der Waals surface area contributed by atoms with E-state index < -0.39 is 15.3 Å². The van der Waals surface area contributed by atoms with Crippen LogP contribution in [0, 0.1) is 6.92 Å². The molecule has 0 bridgehead atoms. The summed E-state index contributed by atoms with van der Waals surface area (Å²) in [6.07, 6.45) is 0. The molecule has 8 nitrogen and oxygen atoms in total. The van der Waals surface area contributed by atoms with Gasteiger partial charge in [-0.05, 0) is 30.2 Å². The van der Waals surface area contributed by atoms with Gasteiger partial charge in [-0.25, -0.2) is 18.5 Å². The Labute approximate surface area is 178 Å². The van der Waals surface area contributed by atoms with Gasteiger partial charge in [-0.1, -0.05) is 54.2 Å². The minimum atomic E-state index is -3.77. The summed E-state index contributed by atoms with van der Waals surface area (Å²) in [5.41, 5.74) is 1.75. The zero-order valence-electron chi connectivity index (χ0n) is 16.0. The van der Waals surface area contributed by atoms with Crippen molar-refractivity contribution in [3.05, 3.63) is 87.8 Å². The van der Waals surface area contributed by atoms with Crippen molar-refractivity contribution >= 4 is 27.7 Å². The van der Waals surface area contributed by atoms with Crippen LogP contribution in [0.5, 0.6) is 0 Å². The highest BCUT2D eigenvalue weighted by molar-refractivity contribution is 8.00. The van der Waals surface area contributed by atoms with Crippen molar-refractivity contribution in [1.29, 1.82) is 0 Å². The van der Waals surface area contributed by atoms with E-state index in [4.69, 9.17) is 5.14 Å². The molecule has 1 unspecified atom stereocenters. The zero-order chi connectivity index (χ0) is 21.7. The van der Waals surface area contributed by atoms with Crippen molar-refractivity contribution in [2.24, 2.45) is 5.14 Å². The first-order valence-electron chi connectivity index (χ1n) is 8.91. The van der Waals surface area contributed by atoms with E-state index in [1.54, 1.807) is 19.1 Å². The number of carbonyl (C=O) groups is 1. The van der Waals surface area contributed by atoms with E-state index in [1.165, 1.54) is 18.2 Å². The zero-order valence-corrected chi connectivity index (χ0v) is 17.7. The summed E-state index contributed by atoms with van der Waals surface area (Å²) in [5, 5.41) is 7.65. The number of nitrogens with zero attached hydrogens (tertiary/aromatic N) is 1. The Hall–Kier alpha value is -2.95. The van der Waals surface area contributed by atoms with Crippen LogP contribution in [0.2, 0.25) is 0 Å². The van der Waals surface area contributed by atoms with E-state index in [1.807, 2.05) is 30.3 Å². The van der Waals surface area contributed by atoms with Crippen molar-refractivity contribution in [1.82, 2.24) is 15.3 Å². The van der Waals surface area contributed by atoms with E-state index in [0.29, 0.717) is 10.9 Å². The summed E-state index contributed by atoms with van der Waals surface area (Å²) < 4.78 is 22.7. The van der Waals surface area contributed by atoms with Crippen molar-refractivity contribution in [2.45, 2.75) is 28.8 Å². The van der Waals surface area contributed by atoms with E-state index in [9.17, 15) is 18.0 Å². The second kappa shape index (κ2) is 9.24. The number of hydrogen-bond acceptors (Lipinski definition) is 6. The van der Waals surface area contributed by atoms with Crippen molar-refractivity contribution < 1.29 is 13.2 Å². The maximum Gasteiger partial charge on any atom is 0.251 e. The number of primary sulfonamides is 1. The lowest BCUT2D eigenvalue weighted by atomic mass is 10.1. The Balaban J connectivity index is 1.78. The maximum absolute atomic E-state index is 12.9. The molecule has 0 aliphatic heterocycles. The van der Waals surface area contributed by atoms with Crippen LogP contribution in [0.1, 0.15) is 22.1 Å². The molecular formula is C20H20N4O4S2. The number of aromatic amines is 1. The number of thioether (sulfide) groups is 1. The molecule has 2 aromatic carbocycles. The van der Waals surface area contributed by atoms with Crippen LogP contribution >= 0.6 is 11.8 Å². The summed E-state index contributed by atoms with van der Waals surface area (Å²) >= 11 is 1.14. The second-order valence-electron chi connectivity index (χ2n) is 6.51. The molecule has 1 heterocycles. The van der Waals surface area contributed by atoms with Crippen LogP contribution in [0.4, 0.5) is 0 Å². The monoisotopic (exact) mass is 444 g/mol. The molecule has 0 aliphatic rings. The second-order valence-corrected chi connectivity index (χ2v) is 9.16. The topological polar surface area (TPSA) is 135 Å². The summed E-state index contributed by atoms with van der Waals surface area (Å²) in [7, 11) is -3.77. The molecule has 0 spiro atoms. The molecule has 156 valence electrons.